The van der Waals surface area contributed by atoms with Gasteiger partial charge in [0.25, 0.3) is 5.91 Å². The van der Waals surface area contributed by atoms with E-state index >= 15 is 0 Å². The molecule has 3 aromatic rings. The van der Waals surface area contributed by atoms with E-state index in [9.17, 15) is 22.8 Å². The molecule has 0 saturated carbocycles. The number of amides is 1. The lowest BCUT2D eigenvalue weighted by Gasteiger charge is -2.26. The number of allylic oxidation sites excluding steroid dienone is 4. The van der Waals surface area contributed by atoms with Crippen LogP contribution < -0.4 is 10.1 Å². The highest BCUT2D eigenvalue weighted by atomic mass is 19.4. The number of ketones is 1. The predicted octanol–water partition coefficient (Wildman–Crippen LogP) is 5.97. The maximum absolute atomic E-state index is 13.0. The fourth-order valence-electron chi connectivity index (χ4n) is 5.77. The van der Waals surface area contributed by atoms with E-state index in [1.165, 1.54) is 48.5 Å². The second kappa shape index (κ2) is 12.7. The van der Waals surface area contributed by atoms with E-state index in [0.717, 1.165) is 54.2 Å². The molecular weight excluding hydrogens is 569 g/mol. The summed E-state index contributed by atoms with van der Waals surface area (Å²) >= 11 is 0. The Morgan fingerprint density at radius 1 is 1.02 bits per heavy atom. The Morgan fingerprint density at radius 2 is 1.82 bits per heavy atom. The van der Waals surface area contributed by atoms with Crippen LogP contribution in [0.2, 0.25) is 0 Å². The molecule has 228 valence electrons. The Labute approximate surface area is 253 Å². The zero-order chi connectivity index (χ0) is 30.7. The van der Waals surface area contributed by atoms with Crippen molar-refractivity contribution in [2.24, 2.45) is 0 Å². The smallest absolute Gasteiger partial charge is 0.416 e. The normalized spacial score (nSPS) is 17.1. The van der Waals surface area contributed by atoms with Gasteiger partial charge in [0.2, 0.25) is 0 Å². The second-order valence-corrected chi connectivity index (χ2v) is 11.4. The van der Waals surface area contributed by atoms with Gasteiger partial charge in [-0.1, -0.05) is 36.8 Å². The van der Waals surface area contributed by atoms with E-state index in [1.54, 1.807) is 12.2 Å². The number of Topliss-reactive ketones (excluding diaryl/α,β-unsaturated/α-hetero) is 1. The van der Waals surface area contributed by atoms with Gasteiger partial charge in [-0.25, -0.2) is 0 Å². The standard InChI is InChI=1S/C34H33F3N4O3/c35-34(36,37)28-7-4-23(5-8-28)21-41-22-27(20-38-41)33(43)39-29-9-11-32(42)31(19-29)26-16-24-6-10-30(18-25(24)17-26)44-15-14-40-12-2-1-3-13-40/h4-10,17-20,22H,1-3,11-16,21H2,(H,39,43). The largest absolute Gasteiger partial charge is 0.492 e. The highest BCUT2D eigenvalue weighted by Crippen LogP contribution is 2.34. The molecule has 0 unspecified atom stereocenters. The molecule has 0 radical (unpaired) electrons. The number of hydrogen-bond acceptors (Lipinski definition) is 5. The van der Waals surface area contributed by atoms with E-state index in [4.69, 9.17) is 4.74 Å². The second-order valence-electron chi connectivity index (χ2n) is 11.4. The van der Waals surface area contributed by atoms with Gasteiger partial charge in [-0.2, -0.15) is 18.3 Å². The molecule has 1 fully saturated rings. The predicted molar refractivity (Wildman–Crippen MR) is 160 cm³/mol. The number of piperidine rings is 1. The molecule has 0 bridgehead atoms. The van der Waals surface area contributed by atoms with Gasteiger partial charge in [0.1, 0.15) is 12.4 Å². The van der Waals surface area contributed by atoms with Gasteiger partial charge < -0.3 is 10.1 Å². The Hall–Kier alpha value is -4.44. The number of aromatic nitrogens is 2. The summed E-state index contributed by atoms with van der Waals surface area (Å²) < 4.78 is 46.0. The third-order valence-electron chi connectivity index (χ3n) is 8.19. The lowest BCUT2D eigenvalue weighted by atomic mass is 9.93. The average Bonchev–Trinajstić information content (AvgIpc) is 3.66. The van der Waals surface area contributed by atoms with Crippen LogP contribution in [0.15, 0.2) is 83.9 Å². The number of alkyl halides is 3. The van der Waals surface area contributed by atoms with E-state index < -0.39 is 17.6 Å². The number of carbonyl (C=O) groups excluding carboxylic acids is 2. The minimum Gasteiger partial charge on any atom is -0.492 e. The van der Waals surface area contributed by atoms with Crippen LogP contribution in [0.4, 0.5) is 13.2 Å². The number of halogens is 3. The maximum Gasteiger partial charge on any atom is 0.416 e. The van der Waals surface area contributed by atoms with Gasteiger partial charge in [-0.05, 0) is 85.0 Å². The van der Waals surface area contributed by atoms with Crippen LogP contribution in [0.3, 0.4) is 0 Å². The first-order valence-corrected chi connectivity index (χ1v) is 14.9. The highest BCUT2D eigenvalue weighted by Gasteiger charge is 2.30. The average molecular weight is 603 g/mol. The molecule has 2 heterocycles. The molecule has 1 aliphatic heterocycles. The number of carbonyl (C=O) groups is 2. The van der Waals surface area contributed by atoms with Crippen LogP contribution in [-0.4, -0.2) is 52.6 Å². The van der Waals surface area contributed by atoms with Gasteiger partial charge >= 0.3 is 6.18 Å². The number of ether oxygens (including phenoxy) is 1. The molecule has 1 amide bonds. The molecule has 7 nitrogen and oxygen atoms in total. The fourth-order valence-corrected chi connectivity index (χ4v) is 5.77. The molecule has 0 atom stereocenters. The van der Waals surface area contributed by atoms with Crippen LogP contribution in [0, 0.1) is 0 Å². The monoisotopic (exact) mass is 602 g/mol. The first-order valence-electron chi connectivity index (χ1n) is 14.9. The van der Waals surface area contributed by atoms with Crippen LogP contribution in [0.5, 0.6) is 5.75 Å². The summed E-state index contributed by atoms with van der Waals surface area (Å²) in [5, 5.41) is 7.04. The summed E-state index contributed by atoms with van der Waals surface area (Å²) in [5.41, 5.74) is 4.36. The zero-order valence-electron chi connectivity index (χ0n) is 24.2. The van der Waals surface area contributed by atoms with E-state index in [1.807, 2.05) is 24.3 Å². The molecular formula is C34H33F3N4O3. The van der Waals surface area contributed by atoms with Gasteiger partial charge in [0.05, 0.1) is 23.9 Å². The first-order chi connectivity index (χ1) is 21.2. The maximum atomic E-state index is 13.0. The summed E-state index contributed by atoms with van der Waals surface area (Å²) in [6.45, 7) is 4.04. The van der Waals surface area contributed by atoms with Crippen molar-refractivity contribution >= 4 is 17.8 Å². The Balaban J connectivity index is 1.06. The van der Waals surface area contributed by atoms with Crippen LogP contribution in [-0.2, 0) is 23.9 Å². The van der Waals surface area contributed by atoms with Gasteiger partial charge in [-0.3, -0.25) is 19.2 Å². The van der Waals surface area contributed by atoms with Gasteiger partial charge in [-0.15, -0.1) is 0 Å². The lowest BCUT2D eigenvalue weighted by molar-refractivity contribution is -0.137. The highest BCUT2D eigenvalue weighted by molar-refractivity contribution is 6.04. The minimum atomic E-state index is -4.40. The number of nitrogens with one attached hydrogen (secondary N) is 1. The first kappa shape index (κ1) is 29.6. The summed E-state index contributed by atoms with van der Waals surface area (Å²) in [7, 11) is 0. The SMILES string of the molecule is O=C1CC=C(NC(=O)c2cnn(Cc3ccc(C(F)(F)F)cc3)c2)C=C1C1=Cc2cc(OCCN3CCCCC3)ccc2C1. The van der Waals surface area contributed by atoms with E-state index in [2.05, 4.69) is 15.3 Å². The molecule has 6 rings (SSSR count). The number of likely N-dealkylation sites (tertiary alicyclic amines) is 1. The lowest BCUT2D eigenvalue weighted by Crippen LogP contribution is -2.33. The molecule has 0 spiro atoms. The number of fused-ring (bicyclic) bond motifs is 1. The van der Waals surface area contributed by atoms with Gasteiger partial charge in [0, 0.05) is 30.4 Å². The van der Waals surface area contributed by atoms with Crippen molar-refractivity contribution in [2.75, 3.05) is 26.2 Å². The van der Waals surface area contributed by atoms with Crippen LogP contribution in [0.1, 0.15) is 58.3 Å². The van der Waals surface area contributed by atoms with Crippen molar-refractivity contribution in [1.29, 1.82) is 0 Å². The molecule has 10 heteroatoms. The number of hydrogen-bond donors (Lipinski definition) is 1. The van der Waals surface area contributed by atoms with Crippen LogP contribution >= 0.6 is 0 Å². The number of nitrogens with zero attached hydrogens (tertiary/aromatic N) is 3. The van der Waals surface area contributed by atoms with Crippen molar-refractivity contribution < 1.29 is 27.5 Å². The van der Waals surface area contributed by atoms with Crippen molar-refractivity contribution in [3.8, 4) is 5.75 Å². The summed E-state index contributed by atoms with van der Waals surface area (Å²) in [6.07, 6.45) is 8.57. The Bertz CT molecular complexity index is 1640. The molecule has 3 aliphatic rings. The van der Waals surface area contributed by atoms with E-state index in [-0.39, 0.29) is 18.7 Å². The molecule has 2 aromatic carbocycles. The molecule has 1 saturated heterocycles. The van der Waals surface area contributed by atoms with Crippen molar-refractivity contribution in [3.05, 3.63) is 112 Å². The summed E-state index contributed by atoms with van der Waals surface area (Å²) in [6, 6.07) is 10.9. The molecule has 44 heavy (non-hydrogen) atoms. The minimum absolute atomic E-state index is 0.00980. The van der Waals surface area contributed by atoms with Crippen molar-refractivity contribution in [2.45, 2.75) is 44.8 Å². The zero-order valence-corrected chi connectivity index (χ0v) is 24.2. The fraction of sp³-hybridized carbons (Fsp3) is 0.324. The van der Waals surface area contributed by atoms with Crippen molar-refractivity contribution in [3.63, 3.8) is 0 Å². The number of benzene rings is 2. The quantitative estimate of drug-likeness (QED) is 0.327. The number of rotatable bonds is 9. The molecule has 2 aliphatic carbocycles. The summed E-state index contributed by atoms with van der Waals surface area (Å²) in [5.74, 6) is 0.410. The van der Waals surface area contributed by atoms with Crippen LogP contribution in [0.25, 0.3) is 6.08 Å². The van der Waals surface area contributed by atoms with E-state index in [0.29, 0.717) is 35.4 Å². The molecule has 1 N–H and O–H groups in total. The molecule has 1 aromatic heterocycles. The Morgan fingerprint density at radius 3 is 2.59 bits per heavy atom. The third-order valence-corrected chi connectivity index (χ3v) is 8.19. The van der Waals surface area contributed by atoms with Crippen molar-refractivity contribution in [1.82, 2.24) is 20.0 Å². The third kappa shape index (κ3) is 7.02. The topological polar surface area (TPSA) is 76.5 Å². The summed E-state index contributed by atoms with van der Waals surface area (Å²) in [4.78, 5) is 28.3. The van der Waals surface area contributed by atoms with Gasteiger partial charge in [0.15, 0.2) is 5.78 Å². The Kier molecular flexibility index (Phi) is 8.52.